The van der Waals surface area contributed by atoms with E-state index in [1.54, 1.807) is 37.3 Å². The third-order valence-corrected chi connectivity index (χ3v) is 3.87. The fraction of sp³-hybridized carbons (Fsp3) is 0.417. The zero-order valence-electron chi connectivity index (χ0n) is 10.9. The van der Waals surface area contributed by atoms with E-state index in [1.165, 1.54) is 6.92 Å². The fourth-order valence-corrected chi connectivity index (χ4v) is 2.71. The summed E-state index contributed by atoms with van der Waals surface area (Å²) in [4.78, 5) is 11.4. The van der Waals surface area contributed by atoms with E-state index >= 15 is 0 Å². The highest BCUT2D eigenvalue weighted by Gasteiger charge is 2.29. The molecule has 2 N–H and O–H groups in total. The van der Waals surface area contributed by atoms with Gasteiger partial charge in [-0.2, -0.15) is 0 Å². The summed E-state index contributed by atoms with van der Waals surface area (Å²) in [6, 6.07) is 7.60. The van der Waals surface area contributed by atoms with Crippen molar-refractivity contribution in [3.8, 4) is 5.75 Å². The lowest BCUT2D eigenvalue weighted by Gasteiger charge is -2.21. The Labute approximate surface area is 112 Å². The van der Waals surface area contributed by atoms with Crippen LogP contribution in [0.15, 0.2) is 30.3 Å². The van der Waals surface area contributed by atoms with Gasteiger partial charge in [0, 0.05) is 0 Å². The number of ether oxygens (including phenoxy) is 1. The first-order valence-corrected chi connectivity index (χ1v) is 7.70. The second kappa shape index (κ2) is 7.28. The van der Waals surface area contributed by atoms with Crippen LogP contribution < -0.4 is 9.61 Å². The number of carbonyl (C=O) groups is 1. The molecule has 1 aromatic carbocycles. The Kier molecular flexibility index (Phi) is 6.02. The van der Waals surface area contributed by atoms with Crippen LogP contribution in [0.2, 0.25) is 0 Å². The van der Waals surface area contributed by atoms with E-state index in [1.807, 2.05) is 0 Å². The Morgan fingerprint density at radius 2 is 2.05 bits per heavy atom. The normalized spacial score (nSPS) is 15.3. The third-order valence-electron chi connectivity index (χ3n) is 2.21. The summed E-state index contributed by atoms with van der Waals surface area (Å²) in [6.45, 7) is 3.40. The van der Waals surface area contributed by atoms with Crippen molar-refractivity contribution < 1.29 is 23.7 Å². The summed E-state index contributed by atoms with van der Waals surface area (Å²) in [5, 5.41) is 11.7. The quantitative estimate of drug-likeness (QED) is 0.587. The van der Waals surface area contributed by atoms with Crippen molar-refractivity contribution in [1.82, 2.24) is 5.09 Å². The van der Waals surface area contributed by atoms with Crippen molar-refractivity contribution in [2.75, 3.05) is 13.0 Å². The first-order valence-electron chi connectivity index (χ1n) is 5.89. The van der Waals surface area contributed by atoms with Crippen molar-refractivity contribution in [1.29, 1.82) is 0 Å². The van der Waals surface area contributed by atoms with Gasteiger partial charge in [0.1, 0.15) is 18.1 Å². The average Bonchev–Trinajstić information content (AvgIpc) is 2.40. The van der Waals surface area contributed by atoms with Gasteiger partial charge in [-0.25, -0.2) is 5.09 Å². The number of para-hydroxylation sites is 1. The van der Waals surface area contributed by atoms with Crippen molar-refractivity contribution in [3.05, 3.63) is 30.3 Å². The molecule has 0 heterocycles. The second-order valence-corrected chi connectivity index (χ2v) is 5.89. The summed E-state index contributed by atoms with van der Waals surface area (Å²) in [5.74, 6) is -0.198. The molecule has 0 aliphatic heterocycles. The Bertz CT molecular complexity index is 451. The van der Waals surface area contributed by atoms with Crippen LogP contribution in [0.1, 0.15) is 13.8 Å². The number of hydrogen-bond donors (Lipinski definition) is 2. The smallest absolute Gasteiger partial charge is 0.342 e. The number of carbonyl (C=O) groups excluding carboxylic acids is 1. The van der Waals surface area contributed by atoms with Crippen LogP contribution in [0, 0.1) is 0 Å². The third kappa shape index (κ3) is 5.03. The zero-order valence-corrected chi connectivity index (χ0v) is 11.8. The number of nitrogens with one attached hydrogen (secondary N) is 1. The molecule has 0 saturated carbocycles. The maximum Gasteiger partial charge on any atom is 0.342 e. The summed E-state index contributed by atoms with van der Waals surface area (Å²) in [6.07, 6.45) is -0.717. The minimum Gasteiger partial charge on any atom is -0.465 e. The maximum absolute atomic E-state index is 12.3. The summed E-state index contributed by atoms with van der Waals surface area (Å²) in [7, 11) is -3.55. The number of aliphatic hydroxyl groups excluding tert-OH is 1. The monoisotopic (exact) mass is 287 g/mol. The molecular weight excluding hydrogens is 269 g/mol. The van der Waals surface area contributed by atoms with Gasteiger partial charge in [0.15, 0.2) is 0 Å². The minimum absolute atomic E-state index is 0.230. The fourth-order valence-electron chi connectivity index (χ4n) is 1.36. The maximum atomic E-state index is 12.3. The molecule has 1 rings (SSSR count). The molecule has 0 unspecified atom stereocenters. The number of rotatable bonds is 7. The van der Waals surface area contributed by atoms with Crippen molar-refractivity contribution in [3.63, 3.8) is 0 Å². The second-order valence-electron chi connectivity index (χ2n) is 3.82. The Morgan fingerprint density at radius 1 is 1.42 bits per heavy atom. The number of hydrogen-bond acceptors (Lipinski definition) is 5. The topological polar surface area (TPSA) is 84.9 Å². The van der Waals surface area contributed by atoms with E-state index in [0.29, 0.717) is 5.75 Å². The van der Waals surface area contributed by atoms with Crippen LogP contribution >= 0.6 is 7.52 Å². The van der Waals surface area contributed by atoms with Gasteiger partial charge in [-0.15, -0.1) is 0 Å². The van der Waals surface area contributed by atoms with Gasteiger partial charge < -0.3 is 14.4 Å². The highest BCUT2D eigenvalue weighted by molar-refractivity contribution is 7.57. The molecule has 0 aliphatic rings. The Hall–Kier alpha value is -1.36. The summed E-state index contributed by atoms with van der Waals surface area (Å²) < 4.78 is 22.3. The van der Waals surface area contributed by atoms with Gasteiger partial charge >= 0.3 is 13.5 Å². The van der Waals surface area contributed by atoms with Gasteiger partial charge in [0.2, 0.25) is 0 Å². The predicted octanol–water partition coefficient (Wildman–Crippen LogP) is 1.75. The lowest BCUT2D eigenvalue weighted by Crippen LogP contribution is -2.35. The molecule has 0 radical (unpaired) electrons. The molecule has 7 heteroatoms. The van der Waals surface area contributed by atoms with E-state index in [0.717, 1.165) is 0 Å². The zero-order chi connectivity index (χ0) is 14.3. The molecule has 0 aliphatic carbocycles. The molecular formula is C12H18NO5P. The van der Waals surface area contributed by atoms with E-state index in [9.17, 15) is 14.5 Å². The molecule has 1 aromatic rings. The first kappa shape index (κ1) is 15.7. The molecule has 0 bridgehead atoms. The highest BCUT2D eigenvalue weighted by atomic mass is 31.2. The van der Waals surface area contributed by atoms with Gasteiger partial charge in [0.05, 0.1) is 6.61 Å². The molecule has 0 aromatic heterocycles. The molecule has 106 valence electrons. The summed E-state index contributed by atoms with van der Waals surface area (Å²) in [5.41, 5.74) is 0. The van der Waals surface area contributed by atoms with Gasteiger partial charge in [-0.3, -0.25) is 9.36 Å². The summed E-state index contributed by atoms with van der Waals surface area (Å²) >= 11 is 0. The Morgan fingerprint density at radius 3 is 2.58 bits per heavy atom. The minimum atomic E-state index is -3.55. The number of esters is 1. The molecule has 2 atom stereocenters. The predicted molar refractivity (Wildman–Crippen MR) is 71.0 cm³/mol. The van der Waals surface area contributed by atoms with Gasteiger partial charge in [-0.1, -0.05) is 18.2 Å². The SMILES string of the molecule is CCOC(=O)[C@H](C)N[P@](=O)(CO)Oc1ccccc1. The number of aliphatic hydroxyl groups is 1. The highest BCUT2D eigenvalue weighted by Crippen LogP contribution is 2.42. The molecule has 0 spiro atoms. The van der Waals surface area contributed by atoms with Crippen LogP contribution in [-0.2, 0) is 14.1 Å². The lowest BCUT2D eigenvalue weighted by atomic mass is 10.3. The van der Waals surface area contributed by atoms with Crippen LogP contribution in [0.5, 0.6) is 5.75 Å². The van der Waals surface area contributed by atoms with Crippen molar-refractivity contribution in [2.45, 2.75) is 19.9 Å². The van der Waals surface area contributed by atoms with Gasteiger partial charge in [-0.05, 0) is 26.0 Å². The standard InChI is InChI=1S/C12H18NO5P/c1-3-17-12(15)10(2)13-19(16,9-14)18-11-7-5-4-6-8-11/h4-8,10,14H,3,9H2,1-2H3,(H,13,16)/t10-,19-/m0/s1. The molecule has 0 amide bonds. The molecule has 6 nitrogen and oxygen atoms in total. The largest absolute Gasteiger partial charge is 0.465 e. The van der Waals surface area contributed by atoms with Crippen LogP contribution in [-0.4, -0.2) is 30.1 Å². The van der Waals surface area contributed by atoms with E-state index in [-0.39, 0.29) is 6.61 Å². The first-order chi connectivity index (χ1) is 9.00. The lowest BCUT2D eigenvalue weighted by molar-refractivity contribution is -0.144. The number of benzene rings is 1. The molecule has 19 heavy (non-hydrogen) atoms. The van der Waals surface area contributed by atoms with Crippen molar-refractivity contribution in [2.24, 2.45) is 0 Å². The molecule has 0 saturated heterocycles. The van der Waals surface area contributed by atoms with Crippen molar-refractivity contribution >= 4 is 13.5 Å². The Balaban J connectivity index is 2.70. The van der Waals surface area contributed by atoms with Crippen LogP contribution in [0.3, 0.4) is 0 Å². The van der Waals surface area contributed by atoms with Crippen LogP contribution in [0.4, 0.5) is 0 Å². The van der Waals surface area contributed by atoms with Gasteiger partial charge in [0.25, 0.3) is 0 Å². The van der Waals surface area contributed by atoms with E-state index < -0.39 is 25.9 Å². The van der Waals surface area contributed by atoms with E-state index in [2.05, 4.69) is 5.09 Å². The van der Waals surface area contributed by atoms with E-state index in [4.69, 9.17) is 9.26 Å². The molecule has 0 fully saturated rings. The average molecular weight is 287 g/mol. The van der Waals surface area contributed by atoms with Crippen LogP contribution in [0.25, 0.3) is 0 Å².